The maximum absolute atomic E-state index is 12.0. The van der Waals surface area contributed by atoms with Gasteiger partial charge in [-0.2, -0.15) is 8.78 Å². The van der Waals surface area contributed by atoms with Crippen LogP contribution in [0.15, 0.2) is 23.1 Å². The number of benzene rings is 1. The van der Waals surface area contributed by atoms with Crippen molar-refractivity contribution in [2.45, 2.75) is 10.7 Å². The van der Waals surface area contributed by atoms with E-state index in [4.69, 9.17) is 16.7 Å². The van der Waals surface area contributed by atoms with Crippen molar-refractivity contribution in [1.82, 2.24) is 0 Å². The minimum absolute atomic E-state index is 0.0278. The highest BCUT2D eigenvalue weighted by atomic mass is 35.5. The molecule has 76 valence electrons. The number of carbonyl (C=O) groups is 1. The molecule has 0 saturated heterocycles. The predicted octanol–water partition coefficient (Wildman–Crippen LogP) is 3.35. The minimum atomic E-state index is -2.66. The van der Waals surface area contributed by atoms with Gasteiger partial charge in [0, 0.05) is 9.92 Å². The molecule has 6 heteroatoms. The van der Waals surface area contributed by atoms with Crippen LogP contribution < -0.4 is 0 Å². The number of carboxylic acid groups (broad SMARTS) is 1. The molecule has 1 rings (SSSR count). The van der Waals surface area contributed by atoms with Gasteiger partial charge in [0.15, 0.2) is 0 Å². The fourth-order valence-electron chi connectivity index (χ4n) is 0.866. The van der Waals surface area contributed by atoms with Gasteiger partial charge in [-0.1, -0.05) is 23.4 Å². The summed E-state index contributed by atoms with van der Waals surface area (Å²) in [6.45, 7) is 0. The van der Waals surface area contributed by atoms with Crippen molar-refractivity contribution in [2.75, 3.05) is 0 Å². The predicted molar refractivity (Wildman–Crippen MR) is 50.3 cm³/mol. The number of halogens is 3. The Morgan fingerprint density at radius 2 is 2.14 bits per heavy atom. The van der Waals surface area contributed by atoms with E-state index in [0.29, 0.717) is 0 Å². The molecular formula is C8H5ClF2O2S. The lowest BCUT2D eigenvalue weighted by atomic mass is 10.2. The van der Waals surface area contributed by atoms with Gasteiger partial charge in [0.05, 0.1) is 5.56 Å². The highest BCUT2D eigenvalue weighted by molar-refractivity contribution is 7.99. The molecule has 0 unspecified atom stereocenters. The first-order chi connectivity index (χ1) is 6.50. The van der Waals surface area contributed by atoms with Crippen LogP contribution >= 0.6 is 23.4 Å². The van der Waals surface area contributed by atoms with Crippen molar-refractivity contribution in [3.05, 3.63) is 28.8 Å². The zero-order valence-corrected chi connectivity index (χ0v) is 8.28. The normalized spacial score (nSPS) is 10.6. The van der Waals surface area contributed by atoms with E-state index in [-0.39, 0.29) is 27.2 Å². The smallest absolute Gasteiger partial charge is 0.336 e. The van der Waals surface area contributed by atoms with Crippen molar-refractivity contribution in [3.63, 3.8) is 0 Å². The molecule has 0 fully saturated rings. The second kappa shape index (κ2) is 4.61. The summed E-state index contributed by atoms with van der Waals surface area (Å²) in [5, 5.41) is 8.90. The van der Waals surface area contributed by atoms with Crippen LogP contribution in [0.4, 0.5) is 8.78 Å². The van der Waals surface area contributed by atoms with E-state index in [1.807, 2.05) is 0 Å². The summed E-state index contributed by atoms with van der Waals surface area (Å²) in [5.74, 6) is -3.91. The summed E-state index contributed by atoms with van der Waals surface area (Å²) in [4.78, 5) is 10.6. The second-order valence-corrected chi connectivity index (χ2v) is 3.79. The maximum atomic E-state index is 12.0. The molecule has 1 aromatic carbocycles. The summed E-state index contributed by atoms with van der Waals surface area (Å²) in [6.07, 6.45) is 0. The molecule has 0 bridgehead atoms. The Morgan fingerprint density at radius 1 is 1.50 bits per heavy atom. The fraction of sp³-hybridized carbons (Fsp3) is 0.125. The van der Waals surface area contributed by atoms with E-state index in [0.717, 1.165) is 0 Å². The van der Waals surface area contributed by atoms with E-state index in [1.54, 1.807) is 0 Å². The number of aromatic carboxylic acids is 1. The van der Waals surface area contributed by atoms with E-state index in [9.17, 15) is 13.6 Å². The molecule has 0 aliphatic heterocycles. The van der Waals surface area contributed by atoms with Crippen LogP contribution in [0.3, 0.4) is 0 Å². The Kier molecular flexibility index (Phi) is 3.71. The van der Waals surface area contributed by atoms with Crippen molar-refractivity contribution in [2.24, 2.45) is 0 Å². The Morgan fingerprint density at radius 3 is 2.64 bits per heavy atom. The average Bonchev–Trinajstić information content (AvgIpc) is 2.01. The first-order valence-corrected chi connectivity index (χ1v) is 4.74. The highest BCUT2D eigenvalue weighted by Gasteiger charge is 2.14. The average molecular weight is 239 g/mol. The topological polar surface area (TPSA) is 37.3 Å². The number of hydrogen-bond donors (Lipinski definition) is 1. The van der Waals surface area contributed by atoms with Crippen molar-refractivity contribution >= 4 is 29.3 Å². The molecule has 0 aromatic heterocycles. The Hall–Kier alpha value is -0.810. The van der Waals surface area contributed by atoms with Gasteiger partial charge in [-0.05, 0) is 18.2 Å². The highest BCUT2D eigenvalue weighted by Crippen LogP contribution is 2.30. The van der Waals surface area contributed by atoms with Gasteiger partial charge < -0.3 is 5.11 Å². The van der Waals surface area contributed by atoms with Crippen LogP contribution in [0.25, 0.3) is 0 Å². The largest absolute Gasteiger partial charge is 0.478 e. The van der Waals surface area contributed by atoms with Crippen molar-refractivity contribution in [1.29, 1.82) is 0 Å². The van der Waals surface area contributed by atoms with E-state index in [1.165, 1.54) is 18.2 Å². The number of carboxylic acids is 1. The van der Waals surface area contributed by atoms with Gasteiger partial charge in [-0.25, -0.2) is 4.79 Å². The molecule has 0 saturated carbocycles. The van der Waals surface area contributed by atoms with Gasteiger partial charge in [-0.3, -0.25) is 0 Å². The quantitative estimate of drug-likeness (QED) is 0.821. The van der Waals surface area contributed by atoms with Crippen molar-refractivity contribution in [3.8, 4) is 0 Å². The monoisotopic (exact) mass is 238 g/mol. The molecule has 0 spiro atoms. The van der Waals surface area contributed by atoms with E-state index >= 15 is 0 Å². The third-order valence-electron chi connectivity index (χ3n) is 1.39. The van der Waals surface area contributed by atoms with E-state index < -0.39 is 11.7 Å². The SMILES string of the molecule is O=C(O)c1ccc(Cl)cc1SC(F)F. The number of thioether (sulfide) groups is 1. The van der Waals surface area contributed by atoms with Gasteiger partial charge in [0.1, 0.15) is 0 Å². The summed E-state index contributed by atoms with van der Waals surface area (Å²) >= 11 is 5.72. The molecule has 0 aliphatic rings. The molecule has 0 heterocycles. The molecule has 0 amide bonds. The standard InChI is InChI=1S/C8H5ClF2O2S/c9-4-1-2-5(7(12)13)6(3-4)14-8(10)11/h1-3,8H,(H,12,13). The lowest BCUT2D eigenvalue weighted by molar-refractivity contribution is 0.0693. The molecule has 1 N–H and O–H groups in total. The second-order valence-electron chi connectivity index (χ2n) is 2.32. The van der Waals surface area contributed by atoms with Crippen LogP contribution in [0.5, 0.6) is 0 Å². The van der Waals surface area contributed by atoms with Gasteiger partial charge >= 0.3 is 5.97 Å². The Bertz CT molecular complexity index is 357. The number of rotatable bonds is 3. The van der Waals surface area contributed by atoms with Crippen LogP contribution in [0, 0.1) is 0 Å². The summed E-state index contributed by atoms with van der Waals surface area (Å²) in [6, 6.07) is 3.76. The maximum Gasteiger partial charge on any atom is 0.336 e. The van der Waals surface area contributed by atoms with E-state index in [2.05, 4.69) is 0 Å². The third kappa shape index (κ3) is 2.85. The van der Waals surface area contributed by atoms with Crippen LogP contribution in [0.2, 0.25) is 5.02 Å². The first-order valence-electron chi connectivity index (χ1n) is 3.48. The third-order valence-corrected chi connectivity index (χ3v) is 2.40. The lowest BCUT2D eigenvalue weighted by Crippen LogP contribution is -1.99. The molecular weight excluding hydrogens is 234 g/mol. The lowest BCUT2D eigenvalue weighted by Gasteiger charge is -2.04. The van der Waals surface area contributed by atoms with Gasteiger partial charge in [0.25, 0.3) is 5.76 Å². The minimum Gasteiger partial charge on any atom is -0.478 e. The molecule has 0 radical (unpaired) electrons. The number of alkyl halides is 2. The van der Waals surface area contributed by atoms with Crippen molar-refractivity contribution < 1.29 is 18.7 Å². The van der Waals surface area contributed by atoms with Crippen LogP contribution in [0.1, 0.15) is 10.4 Å². The molecule has 0 atom stereocenters. The zero-order chi connectivity index (χ0) is 10.7. The van der Waals surface area contributed by atoms with Gasteiger partial charge in [-0.15, -0.1) is 0 Å². The van der Waals surface area contributed by atoms with Crippen LogP contribution in [-0.4, -0.2) is 16.8 Å². The molecule has 0 aliphatic carbocycles. The summed E-state index contributed by atoms with van der Waals surface area (Å²) in [7, 11) is 0. The van der Waals surface area contributed by atoms with Crippen LogP contribution in [-0.2, 0) is 0 Å². The summed E-state index contributed by atoms with van der Waals surface area (Å²) < 4.78 is 24.0. The van der Waals surface area contributed by atoms with Gasteiger partial charge in [0.2, 0.25) is 0 Å². The Balaban J connectivity index is 3.09. The number of hydrogen-bond acceptors (Lipinski definition) is 2. The molecule has 14 heavy (non-hydrogen) atoms. The molecule has 2 nitrogen and oxygen atoms in total. The molecule has 1 aromatic rings. The fourth-order valence-corrected chi connectivity index (χ4v) is 1.77. The Labute approximate surface area is 87.9 Å². The summed E-state index contributed by atoms with van der Waals surface area (Å²) in [5.41, 5.74) is -0.167. The first kappa shape index (κ1) is 11.3. The zero-order valence-electron chi connectivity index (χ0n) is 6.71.